The van der Waals surface area contributed by atoms with Crippen LogP contribution in [0.25, 0.3) is 11.4 Å². The van der Waals surface area contributed by atoms with Gasteiger partial charge in [-0.2, -0.15) is 0 Å². The van der Waals surface area contributed by atoms with Crippen molar-refractivity contribution in [3.8, 4) is 11.4 Å². The average Bonchev–Trinajstić information content (AvgIpc) is 2.73. The molecule has 0 saturated carbocycles. The van der Waals surface area contributed by atoms with Crippen molar-refractivity contribution in [1.82, 2.24) is 19.9 Å². The molecule has 2 N–H and O–H groups in total. The van der Waals surface area contributed by atoms with Gasteiger partial charge in [0.15, 0.2) is 0 Å². The maximum atomic E-state index is 12.5. The first kappa shape index (κ1) is 21.4. The van der Waals surface area contributed by atoms with Crippen LogP contribution in [0.4, 0.5) is 5.69 Å². The number of aromatic amines is 1. The predicted molar refractivity (Wildman–Crippen MR) is 118 cm³/mol. The number of nitrogens with zero attached hydrogens (tertiary/aromatic N) is 3. The number of anilines is 1. The maximum absolute atomic E-state index is 12.5. The number of hydrogen-bond donors (Lipinski definition) is 2. The van der Waals surface area contributed by atoms with E-state index in [1.54, 1.807) is 31.5 Å². The molecule has 0 radical (unpaired) electrons. The van der Waals surface area contributed by atoms with Crippen LogP contribution in [0.5, 0.6) is 0 Å². The molecule has 1 aromatic carbocycles. The van der Waals surface area contributed by atoms with E-state index in [1.807, 2.05) is 38.4 Å². The van der Waals surface area contributed by atoms with Gasteiger partial charge in [-0.3, -0.25) is 14.6 Å². The first-order valence-electron chi connectivity index (χ1n) is 9.96. The Kier molecular flexibility index (Phi) is 7.08. The lowest BCUT2D eigenvalue weighted by Crippen LogP contribution is -2.20. The Morgan fingerprint density at radius 3 is 2.40 bits per heavy atom. The smallest absolute Gasteiger partial charge is 0.254 e. The molecule has 0 saturated heterocycles. The van der Waals surface area contributed by atoms with Crippen molar-refractivity contribution in [3.63, 3.8) is 0 Å². The largest absolute Gasteiger partial charge is 0.326 e. The highest BCUT2D eigenvalue weighted by molar-refractivity contribution is 5.90. The van der Waals surface area contributed by atoms with Gasteiger partial charge in [0, 0.05) is 47.9 Å². The van der Waals surface area contributed by atoms with Crippen LogP contribution >= 0.6 is 0 Å². The Labute approximate surface area is 176 Å². The van der Waals surface area contributed by atoms with Crippen molar-refractivity contribution in [2.45, 2.75) is 26.2 Å². The summed E-state index contributed by atoms with van der Waals surface area (Å²) in [6.45, 7) is 2.77. The molecule has 0 spiro atoms. The van der Waals surface area contributed by atoms with Crippen molar-refractivity contribution in [2.24, 2.45) is 0 Å². The summed E-state index contributed by atoms with van der Waals surface area (Å²) < 4.78 is 0. The molecule has 156 valence electrons. The van der Waals surface area contributed by atoms with Gasteiger partial charge in [-0.25, -0.2) is 4.98 Å². The molecule has 3 aromatic rings. The molecule has 0 aliphatic heterocycles. The molecule has 0 aliphatic rings. The summed E-state index contributed by atoms with van der Waals surface area (Å²) in [6, 6.07) is 11.4. The number of amides is 1. The quantitative estimate of drug-likeness (QED) is 0.601. The minimum Gasteiger partial charge on any atom is -0.326 e. The highest BCUT2D eigenvalue weighted by Crippen LogP contribution is 2.14. The van der Waals surface area contributed by atoms with Crippen molar-refractivity contribution >= 4 is 11.6 Å². The van der Waals surface area contributed by atoms with Crippen molar-refractivity contribution in [3.05, 3.63) is 76.0 Å². The molecular weight excluding hydrogens is 378 g/mol. The average molecular weight is 406 g/mol. The van der Waals surface area contributed by atoms with Crippen LogP contribution in [0.3, 0.4) is 0 Å². The van der Waals surface area contributed by atoms with E-state index in [2.05, 4.69) is 25.2 Å². The summed E-state index contributed by atoms with van der Waals surface area (Å²) in [6.07, 6.45) is 4.81. The number of nitrogens with one attached hydrogen (secondary N) is 2. The van der Waals surface area contributed by atoms with E-state index in [9.17, 15) is 9.59 Å². The number of hydrogen-bond acceptors (Lipinski definition) is 5. The van der Waals surface area contributed by atoms with Crippen LogP contribution in [0.1, 0.15) is 23.2 Å². The molecular formula is C23H27N5O2. The standard InChI is InChI=1S/C23H27N5O2/c1-16-20(23(30)27-22(25-16)18-10-13-24-14-11-18)8-9-21(29)26-19-6-4-17(5-7-19)12-15-28(2)3/h4-7,10-11,13-14H,8-9,12,15H2,1-3H3,(H,26,29)(H,25,27,30). The second kappa shape index (κ2) is 9.93. The van der Waals surface area contributed by atoms with Gasteiger partial charge in [0.25, 0.3) is 5.56 Å². The molecule has 0 atom stereocenters. The number of carbonyl (C=O) groups is 1. The zero-order valence-electron chi connectivity index (χ0n) is 17.6. The fourth-order valence-corrected chi connectivity index (χ4v) is 3.12. The lowest BCUT2D eigenvalue weighted by molar-refractivity contribution is -0.116. The van der Waals surface area contributed by atoms with E-state index in [0.29, 0.717) is 23.5 Å². The molecule has 0 fully saturated rings. The first-order valence-corrected chi connectivity index (χ1v) is 9.96. The van der Waals surface area contributed by atoms with E-state index >= 15 is 0 Å². The van der Waals surface area contributed by atoms with Crippen LogP contribution in [0, 0.1) is 6.92 Å². The maximum Gasteiger partial charge on any atom is 0.254 e. The minimum absolute atomic E-state index is 0.131. The summed E-state index contributed by atoms with van der Waals surface area (Å²) in [5.74, 6) is 0.371. The number of aryl methyl sites for hydroxylation is 1. The fourth-order valence-electron chi connectivity index (χ4n) is 3.12. The van der Waals surface area contributed by atoms with E-state index < -0.39 is 0 Å². The third kappa shape index (κ3) is 5.84. The molecule has 0 bridgehead atoms. The van der Waals surface area contributed by atoms with Gasteiger partial charge in [0.05, 0.1) is 0 Å². The Morgan fingerprint density at radius 2 is 1.77 bits per heavy atom. The van der Waals surface area contributed by atoms with Gasteiger partial charge in [-0.15, -0.1) is 0 Å². The Bertz CT molecular complexity index is 1040. The second-order valence-electron chi connectivity index (χ2n) is 7.51. The molecule has 0 aliphatic carbocycles. The van der Waals surface area contributed by atoms with Crippen molar-refractivity contribution < 1.29 is 4.79 Å². The summed E-state index contributed by atoms with van der Waals surface area (Å²) >= 11 is 0. The zero-order chi connectivity index (χ0) is 21.5. The monoisotopic (exact) mass is 405 g/mol. The number of carbonyl (C=O) groups excluding carboxylic acids is 1. The third-order valence-corrected chi connectivity index (χ3v) is 4.86. The number of likely N-dealkylation sites (N-methyl/N-ethyl adjacent to an activating group) is 1. The molecule has 1 amide bonds. The van der Waals surface area contributed by atoms with Gasteiger partial charge < -0.3 is 15.2 Å². The van der Waals surface area contributed by atoms with E-state index in [4.69, 9.17) is 0 Å². The van der Waals surface area contributed by atoms with E-state index in [0.717, 1.165) is 24.2 Å². The van der Waals surface area contributed by atoms with E-state index in [1.165, 1.54) is 5.56 Å². The topological polar surface area (TPSA) is 91.0 Å². The third-order valence-electron chi connectivity index (χ3n) is 4.86. The summed E-state index contributed by atoms with van der Waals surface area (Å²) in [7, 11) is 4.09. The van der Waals surface area contributed by atoms with Crippen LogP contribution < -0.4 is 10.9 Å². The SMILES string of the molecule is Cc1nc(-c2ccncc2)[nH]c(=O)c1CCC(=O)Nc1ccc(CCN(C)C)cc1. The number of pyridine rings is 1. The number of benzene rings is 1. The predicted octanol–water partition coefficient (Wildman–Crippen LogP) is 2.82. The lowest BCUT2D eigenvalue weighted by atomic mass is 10.1. The molecule has 2 aromatic heterocycles. The summed E-state index contributed by atoms with van der Waals surface area (Å²) in [4.78, 5) is 38.2. The van der Waals surface area contributed by atoms with Gasteiger partial charge in [0.2, 0.25) is 5.91 Å². The fraction of sp³-hybridized carbons (Fsp3) is 0.304. The number of H-pyrrole nitrogens is 1. The van der Waals surface area contributed by atoms with Crippen LogP contribution in [-0.2, 0) is 17.6 Å². The summed E-state index contributed by atoms with van der Waals surface area (Å²) in [5.41, 5.74) is 3.72. The zero-order valence-corrected chi connectivity index (χ0v) is 17.6. The van der Waals surface area contributed by atoms with Crippen molar-refractivity contribution in [2.75, 3.05) is 26.0 Å². The van der Waals surface area contributed by atoms with Gasteiger partial charge in [-0.05, 0) is 63.7 Å². The van der Waals surface area contributed by atoms with Crippen molar-refractivity contribution in [1.29, 1.82) is 0 Å². The van der Waals surface area contributed by atoms with Crippen LogP contribution in [0.2, 0.25) is 0 Å². The molecule has 7 heteroatoms. The van der Waals surface area contributed by atoms with Gasteiger partial charge in [0.1, 0.15) is 5.82 Å². The van der Waals surface area contributed by atoms with Gasteiger partial charge in [-0.1, -0.05) is 12.1 Å². The normalized spacial score (nSPS) is 10.9. The second-order valence-corrected chi connectivity index (χ2v) is 7.51. The van der Waals surface area contributed by atoms with Gasteiger partial charge >= 0.3 is 0 Å². The molecule has 0 unspecified atom stereocenters. The Hall–Kier alpha value is -3.32. The number of aromatic nitrogens is 3. The van der Waals surface area contributed by atoms with Crippen LogP contribution in [-0.4, -0.2) is 46.4 Å². The minimum atomic E-state index is -0.215. The number of rotatable bonds is 8. The molecule has 30 heavy (non-hydrogen) atoms. The first-order chi connectivity index (χ1) is 14.4. The lowest BCUT2D eigenvalue weighted by Gasteiger charge is -2.10. The Balaban J connectivity index is 1.59. The molecule has 2 heterocycles. The molecule has 3 rings (SSSR count). The highest BCUT2D eigenvalue weighted by atomic mass is 16.1. The summed E-state index contributed by atoms with van der Waals surface area (Å²) in [5, 5.41) is 2.89. The molecule has 7 nitrogen and oxygen atoms in total. The Morgan fingerprint density at radius 1 is 1.07 bits per heavy atom. The van der Waals surface area contributed by atoms with Crippen LogP contribution in [0.15, 0.2) is 53.6 Å². The van der Waals surface area contributed by atoms with E-state index in [-0.39, 0.29) is 17.9 Å². The highest BCUT2D eigenvalue weighted by Gasteiger charge is 2.12.